The average molecular weight is 283 g/mol. The number of halogens is 1. The first-order chi connectivity index (χ1) is 9.24. The number of nitrogens with two attached hydrogens (primary N) is 1. The number of hydrogen-bond donors (Lipinski definition) is 1. The Morgan fingerprint density at radius 1 is 1.37 bits per heavy atom. The van der Waals surface area contributed by atoms with E-state index in [1.54, 1.807) is 0 Å². The minimum atomic E-state index is 0.159. The molecule has 0 bridgehead atoms. The Balaban J connectivity index is 1.58. The summed E-state index contributed by atoms with van der Waals surface area (Å²) in [6.45, 7) is 4.11. The lowest BCUT2D eigenvalue weighted by molar-refractivity contribution is -0.0319. The second-order valence-corrected chi connectivity index (χ2v) is 5.62. The average Bonchev–Trinajstić information content (AvgIpc) is 2.80. The van der Waals surface area contributed by atoms with Crippen molar-refractivity contribution in [1.29, 1.82) is 0 Å². The van der Waals surface area contributed by atoms with Gasteiger partial charge < -0.3 is 15.2 Å². The summed E-state index contributed by atoms with van der Waals surface area (Å²) in [4.78, 5) is 2.37. The van der Waals surface area contributed by atoms with Crippen LogP contribution in [-0.2, 0) is 11.2 Å². The third kappa shape index (κ3) is 3.03. The first kappa shape index (κ1) is 13.2. The molecule has 2 unspecified atom stereocenters. The van der Waals surface area contributed by atoms with E-state index in [4.69, 9.17) is 26.8 Å². The highest BCUT2D eigenvalue weighted by atomic mass is 35.5. The van der Waals surface area contributed by atoms with Gasteiger partial charge in [0.15, 0.2) is 0 Å². The van der Waals surface area contributed by atoms with Crippen LogP contribution in [0.4, 0.5) is 0 Å². The molecule has 3 rings (SSSR count). The Morgan fingerprint density at radius 2 is 2.26 bits per heavy atom. The van der Waals surface area contributed by atoms with Gasteiger partial charge in [0.2, 0.25) is 0 Å². The van der Waals surface area contributed by atoms with E-state index >= 15 is 0 Å². The standard InChI is InChI=1S/C14H19ClN2O2/c15-11-1-2-14-10(5-11)6-12(19-14)8-17-3-4-18-13(7-16)9-17/h1-2,5,12-13H,3-4,6-9,16H2. The van der Waals surface area contributed by atoms with E-state index in [0.29, 0.717) is 6.54 Å². The van der Waals surface area contributed by atoms with Gasteiger partial charge >= 0.3 is 0 Å². The Morgan fingerprint density at radius 3 is 3.11 bits per heavy atom. The SMILES string of the molecule is NCC1CN(CC2Cc3cc(Cl)ccc3O2)CCO1. The van der Waals surface area contributed by atoms with E-state index in [2.05, 4.69) is 4.90 Å². The smallest absolute Gasteiger partial charge is 0.123 e. The number of rotatable bonds is 3. The van der Waals surface area contributed by atoms with Crippen LogP contribution < -0.4 is 10.5 Å². The quantitative estimate of drug-likeness (QED) is 0.908. The summed E-state index contributed by atoms with van der Waals surface area (Å²) >= 11 is 6.00. The van der Waals surface area contributed by atoms with Gasteiger partial charge in [0.25, 0.3) is 0 Å². The summed E-state index contributed by atoms with van der Waals surface area (Å²) in [5.74, 6) is 0.970. The number of benzene rings is 1. The second-order valence-electron chi connectivity index (χ2n) is 5.18. The van der Waals surface area contributed by atoms with Crippen molar-refractivity contribution >= 4 is 11.6 Å². The maximum atomic E-state index is 6.00. The first-order valence-electron chi connectivity index (χ1n) is 6.73. The van der Waals surface area contributed by atoms with Gasteiger partial charge in [-0.2, -0.15) is 0 Å². The molecular formula is C14H19ClN2O2. The molecule has 0 radical (unpaired) electrons. The molecule has 2 aliphatic heterocycles. The Kier molecular flexibility index (Phi) is 3.93. The van der Waals surface area contributed by atoms with Crippen molar-refractivity contribution < 1.29 is 9.47 Å². The van der Waals surface area contributed by atoms with Gasteiger partial charge in [-0.3, -0.25) is 4.90 Å². The van der Waals surface area contributed by atoms with Crippen LogP contribution >= 0.6 is 11.6 Å². The van der Waals surface area contributed by atoms with Gasteiger partial charge in [-0.05, 0) is 23.8 Å². The van der Waals surface area contributed by atoms with Crippen LogP contribution in [0.3, 0.4) is 0 Å². The highest BCUT2D eigenvalue weighted by Gasteiger charge is 2.27. The van der Waals surface area contributed by atoms with E-state index < -0.39 is 0 Å². The summed E-state index contributed by atoms with van der Waals surface area (Å²) in [6.07, 6.45) is 1.30. The van der Waals surface area contributed by atoms with Gasteiger partial charge in [-0.25, -0.2) is 0 Å². The molecule has 2 N–H and O–H groups in total. The Bertz CT molecular complexity index is 455. The first-order valence-corrected chi connectivity index (χ1v) is 7.11. The molecule has 0 spiro atoms. The van der Waals surface area contributed by atoms with E-state index in [0.717, 1.165) is 43.4 Å². The molecule has 2 atom stereocenters. The molecule has 5 heteroatoms. The van der Waals surface area contributed by atoms with Crippen LogP contribution in [-0.4, -0.2) is 49.9 Å². The van der Waals surface area contributed by atoms with E-state index in [-0.39, 0.29) is 12.2 Å². The zero-order chi connectivity index (χ0) is 13.2. The third-order valence-electron chi connectivity index (χ3n) is 3.71. The highest BCUT2D eigenvalue weighted by Crippen LogP contribution is 2.31. The lowest BCUT2D eigenvalue weighted by Crippen LogP contribution is -2.48. The van der Waals surface area contributed by atoms with Crippen LogP contribution in [0.25, 0.3) is 0 Å². The minimum absolute atomic E-state index is 0.159. The van der Waals surface area contributed by atoms with Gasteiger partial charge in [0.05, 0.1) is 12.7 Å². The molecule has 0 aliphatic carbocycles. The van der Waals surface area contributed by atoms with Crippen LogP contribution in [0.2, 0.25) is 5.02 Å². The predicted octanol–water partition coefficient (Wildman–Crippen LogP) is 1.30. The summed E-state index contributed by atoms with van der Waals surface area (Å²) in [5, 5.41) is 0.776. The van der Waals surface area contributed by atoms with Crippen molar-refractivity contribution in [3.8, 4) is 5.75 Å². The van der Waals surface area contributed by atoms with Gasteiger partial charge in [0, 0.05) is 37.6 Å². The zero-order valence-electron chi connectivity index (χ0n) is 10.8. The molecule has 0 aromatic heterocycles. The molecule has 0 amide bonds. The van der Waals surface area contributed by atoms with Crippen molar-refractivity contribution in [2.24, 2.45) is 5.73 Å². The number of hydrogen-bond acceptors (Lipinski definition) is 4. The van der Waals surface area contributed by atoms with E-state index in [1.807, 2.05) is 18.2 Å². The molecule has 104 valence electrons. The third-order valence-corrected chi connectivity index (χ3v) is 3.95. The largest absolute Gasteiger partial charge is 0.488 e. The van der Waals surface area contributed by atoms with Crippen LogP contribution in [0, 0.1) is 0 Å². The lowest BCUT2D eigenvalue weighted by Gasteiger charge is -2.33. The van der Waals surface area contributed by atoms with Crippen molar-refractivity contribution in [3.05, 3.63) is 28.8 Å². The molecule has 1 fully saturated rings. The molecule has 4 nitrogen and oxygen atoms in total. The fourth-order valence-electron chi connectivity index (χ4n) is 2.77. The molecule has 0 saturated carbocycles. The van der Waals surface area contributed by atoms with Crippen LogP contribution in [0.15, 0.2) is 18.2 Å². The van der Waals surface area contributed by atoms with Crippen molar-refractivity contribution in [2.75, 3.05) is 32.8 Å². The predicted molar refractivity (Wildman–Crippen MR) is 74.8 cm³/mol. The number of fused-ring (bicyclic) bond motifs is 1. The topological polar surface area (TPSA) is 47.7 Å². The number of nitrogens with zero attached hydrogens (tertiary/aromatic N) is 1. The maximum absolute atomic E-state index is 6.00. The molecular weight excluding hydrogens is 264 g/mol. The summed E-state index contributed by atoms with van der Waals surface area (Å²) in [5.41, 5.74) is 6.87. The Labute approximate surface area is 118 Å². The molecule has 2 aliphatic rings. The van der Waals surface area contributed by atoms with Crippen molar-refractivity contribution in [2.45, 2.75) is 18.6 Å². The fourth-order valence-corrected chi connectivity index (χ4v) is 2.96. The number of ether oxygens (including phenoxy) is 2. The van der Waals surface area contributed by atoms with E-state index in [1.165, 1.54) is 5.56 Å². The summed E-state index contributed by atoms with van der Waals surface area (Å²) in [7, 11) is 0. The maximum Gasteiger partial charge on any atom is 0.123 e. The summed E-state index contributed by atoms with van der Waals surface area (Å²) in [6, 6.07) is 5.83. The monoisotopic (exact) mass is 282 g/mol. The van der Waals surface area contributed by atoms with E-state index in [9.17, 15) is 0 Å². The molecule has 1 aromatic rings. The lowest BCUT2D eigenvalue weighted by atomic mass is 10.1. The fraction of sp³-hybridized carbons (Fsp3) is 0.571. The molecule has 19 heavy (non-hydrogen) atoms. The minimum Gasteiger partial charge on any atom is -0.488 e. The molecule has 1 aromatic carbocycles. The summed E-state index contributed by atoms with van der Waals surface area (Å²) < 4.78 is 11.5. The van der Waals surface area contributed by atoms with Gasteiger partial charge in [-0.1, -0.05) is 11.6 Å². The number of morpholine rings is 1. The van der Waals surface area contributed by atoms with Gasteiger partial charge in [-0.15, -0.1) is 0 Å². The normalized spacial score (nSPS) is 27.1. The van der Waals surface area contributed by atoms with Crippen molar-refractivity contribution in [3.63, 3.8) is 0 Å². The second kappa shape index (κ2) is 5.67. The Hall–Kier alpha value is -0.810. The van der Waals surface area contributed by atoms with Crippen molar-refractivity contribution in [1.82, 2.24) is 4.90 Å². The zero-order valence-corrected chi connectivity index (χ0v) is 11.6. The van der Waals surface area contributed by atoms with Crippen LogP contribution in [0.5, 0.6) is 5.75 Å². The molecule has 1 saturated heterocycles. The highest BCUT2D eigenvalue weighted by molar-refractivity contribution is 6.30. The molecule has 2 heterocycles. The van der Waals surface area contributed by atoms with Crippen LogP contribution in [0.1, 0.15) is 5.56 Å². The van der Waals surface area contributed by atoms with Gasteiger partial charge in [0.1, 0.15) is 11.9 Å².